The highest BCUT2D eigenvalue weighted by atomic mass is 32.2. The van der Waals surface area contributed by atoms with Crippen molar-refractivity contribution in [3.05, 3.63) is 131 Å². The van der Waals surface area contributed by atoms with Crippen LogP contribution in [0.2, 0.25) is 0 Å². The molecule has 0 unspecified atom stereocenters. The van der Waals surface area contributed by atoms with Crippen molar-refractivity contribution in [2.24, 2.45) is 0 Å². The van der Waals surface area contributed by atoms with Crippen molar-refractivity contribution in [2.45, 2.75) is 18.7 Å². The van der Waals surface area contributed by atoms with E-state index < -0.39 is 5.91 Å². The van der Waals surface area contributed by atoms with Gasteiger partial charge in [0, 0.05) is 21.8 Å². The van der Waals surface area contributed by atoms with Gasteiger partial charge < -0.3 is 16.0 Å². The highest BCUT2D eigenvalue weighted by Crippen LogP contribution is 2.23. The number of aryl methyl sites for hydroxylation is 2. The summed E-state index contributed by atoms with van der Waals surface area (Å²) in [5, 5.41) is 8.55. The summed E-state index contributed by atoms with van der Waals surface area (Å²) >= 11 is 1.37. The molecule has 0 saturated carbocycles. The Hall–Kier alpha value is -4.62. The summed E-state index contributed by atoms with van der Waals surface area (Å²) in [4.78, 5) is 39.4. The minimum absolute atomic E-state index is 0.115. The molecule has 3 N–H and O–H groups in total. The molecule has 4 aromatic carbocycles. The molecule has 0 radical (unpaired) electrons. The number of nitrogens with one attached hydrogen (secondary N) is 3. The van der Waals surface area contributed by atoms with Gasteiger partial charge in [-0.25, -0.2) is 0 Å². The van der Waals surface area contributed by atoms with Gasteiger partial charge in [0.25, 0.3) is 11.8 Å². The first-order chi connectivity index (χ1) is 18.9. The van der Waals surface area contributed by atoms with E-state index in [9.17, 15) is 14.4 Å². The van der Waals surface area contributed by atoms with E-state index in [1.807, 2.05) is 80.6 Å². The van der Waals surface area contributed by atoms with Gasteiger partial charge in [-0.3, -0.25) is 14.4 Å². The number of carbonyl (C=O) groups excluding carboxylic acids is 3. The van der Waals surface area contributed by atoms with E-state index in [4.69, 9.17) is 0 Å². The summed E-state index contributed by atoms with van der Waals surface area (Å²) in [6.07, 6.45) is 1.65. The van der Waals surface area contributed by atoms with Crippen LogP contribution in [0.4, 0.5) is 11.4 Å². The van der Waals surface area contributed by atoms with E-state index in [0.29, 0.717) is 11.3 Å². The van der Waals surface area contributed by atoms with Crippen LogP contribution in [0.25, 0.3) is 6.08 Å². The predicted molar refractivity (Wildman–Crippen MR) is 159 cm³/mol. The highest BCUT2D eigenvalue weighted by Gasteiger charge is 2.15. The maximum atomic E-state index is 13.3. The monoisotopic (exact) mass is 535 g/mol. The Kier molecular flexibility index (Phi) is 9.32. The van der Waals surface area contributed by atoms with E-state index in [-0.39, 0.29) is 23.3 Å². The van der Waals surface area contributed by atoms with Gasteiger partial charge in [0.2, 0.25) is 5.91 Å². The molecule has 4 rings (SSSR count). The fraction of sp³-hybridized carbons (Fsp3) is 0.0938. The topological polar surface area (TPSA) is 87.3 Å². The van der Waals surface area contributed by atoms with Crippen LogP contribution in [0.15, 0.2) is 114 Å². The molecule has 3 amide bonds. The predicted octanol–water partition coefficient (Wildman–Crippen LogP) is 6.44. The molecule has 0 aliphatic rings. The van der Waals surface area contributed by atoms with E-state index >= 15 is 0 Å². The number of benzene rings is 4. The molecule has 0 aliphatic heterocycles. The third-order valence-corrected chi connectivity index (χ3v) is 6.76. The van der Waals surface area contributed by atoms with Gasteiger partial charge in [-0.05, 0) is 67.4 Å². The molecule has 0 bridgehead atoms. The number of amides is 3. The van der Waals surface area contributed by atoms with Gasteiger partial charge in [-0.1, -0.05) is 72.3 Å². The second kappa shape index (κ2) is 13.3. The Morgan fingerprint density at radius 2 is 1.51 bits per heavy atom. The maximum absolute atomic E-state index is 13.3. The van der Waals surface area contributed by atoms with E-state index in [1.54, 1.807) is 42.5 Å². The SMILES string of the molecule is Cc1cccc(/C=C(/NC(=O)c2ccccc2)C(=O)Nc2cccc(SCC(=O)Nc3ccccc3C)c2)c1. The van der Waals surface area contributed by atoms with Crippen molar-refractivity contribution in [3.63, 3.8) is 0 Å². The average molecular weight is 536 g/mol. The molecule has 0 fully saturated rings. The van der Waals surface area contributed by atoms with Crippen molar-refractivity contribution in [1.29, 1.82) is 0 Å². The molecule has 39 heavy (non-hydrogen) atoms. The average Bonchev–Trinajstić information content (AvgIpc) is 2.93. The second-order valence-electron chi connectivity index (χ2n) is 8.93. The standard InChI is InChI=1S/C32H29N3O3S/c1-22-10-8-12-24(18-22)19-29(35-31(37)25-13-4-3-5-14-25)32(38)33-26-15-9-16-27(20-26)39-21-30(36)34-28-17-7-6-11-23(28)2/h3-20H,21H2,1-2H3,(H,33,38)(H,34,36)(H,35,37)/b29-19+. The van der Waals surface area contributed by atoms with Crippen LogP contribution in [0.1, 0.15) is 27.0 Å². The van der Waals surface area contributed by atoms with Crippen LogP contribution >= 0.6 is 11.8 Å². The minimum atomic E-state index is -0.458. The Labute approximate surface area is 232 Å². The molecule has 0 heterocycles. The molecule has 6 nitrogen and oxygen atoms in total. The molecule has 0 atom stereocenters. The quantitative estimate of drug-likeness (QED) is 0.170. The lowest BCUT2D eigenvalue weighted by Gasteiger charge is -2.12. The zero-order valence-electron chi connectivity index (χ0n) is 21.7. The summed E-state index contributed by atoms with van der Waals surface area (Å²) in [5.74, 6) is -0.734. The Morgan fingerprint density at radius 1 is 0.769 bits per heavy atom. The molecule has 0 aliphatic carbocycles. The van der Waals surface area contributed by atoms with Gasteiger partial charge in [0.15, 0.2) is 0 Å². The molecule has 0 spiro atoms. The van der Waals surface area contributed by atoms with Gasteiger partial charge in [0.1, 0.15) is 5.70 Å². The van der Waals surface area contributed by atoms with Gasteiger partial charge in [-0.15, -0.1) is 11.8 Å². The van der Waals surface area contributed by atoms with Crippen LogP contribution in [-0.4, -0.2) is 23.5 Å². The Bertz CT molecular complexity index is 1520. The summed E-state index contributed by atoms with van der Waals surface area (Å²) in [7, 11) is 0. The first-order valence-electron chi connectivity index (χ1n) is 12.4. The van der Waals surface area contributed by atoms with Gasteiger partial charge in [-0.2, -0.15) is 0 Å². The number of para-hydroxylation sites is 1. The fourth-order valence-corrected chi connectivity index (χ4v) is 4.53. The van der Waals surface area contributed by atoms with Crippen LogP contribution < -0.4 is 16.0 Å². The summed E-state index contributed by atoms with van der Waals surface area (Å²) in [6, 6.07) is 31.3. The highest BCUT2D eigenvalue weighted by molar-refractivity contribution is 8.00. The van der Waals surface area contributed by atoms with Gasteiger partial charge in [0.05, 0.1) is 5.75 Å². The number of hydrogen-bond acceptors (Lipinski definition) is 4. The Balaban J connectivity index is 1.46. The van der Waals surface area contributed by atoms with Crippen LogP contribution in [-0.2, 0) is 9.59 Å². The van der Waals surface area contributed by atoms with E-state index in [1.165, 1.54) is 11.8 Å². The molecule has 196 valence electrons. The normalized spacial score (nSPS) is 11.0. The van der Waals surface area contributed by atoms with Crippen LogP contribution in [0.5, 0.6) is 0 Å². The summed E-state index contributed by atoms with van der Waals surface area (Å²) < 4.78 is 0. The van der Waals surface area contributed by atoms with Crippen molar-refractivity contribution >= 4 is 46.9 Å². The number of thioether (sulfide) groups is 1. The van der Waals surface area contributed by atoms with Crippen molar-refractivity contribution in [1.82, 2.24) is 5.32 Å². The molecule has 0 saturated heterocycles. The maximum Gasteiger partial charge on any atom is 0.272 e. The van der Waals surface area contributed by atoms with Gasteiger partial charge >= 0.3 is 0 Å². The van der Waals surface area contributed by atoms with Crippen molar-refractivity contribution in [3.8, 4) is 0 Å². The molecular weight excluding hydrogens is 506 g/mol. The third kappa shape index (κ3) is 8.18. The fourth-order valence-electron chi connectivity index (χ4n) is 3.78. The summed E-state index contributed by atoms with van der Waals surface area (Å²) in [5.41, 5.74) is 4.72. The lowest BCUT2D eigenvalue weighted by atomic mass is 10.1. The minimum Gasteiger partial charge on any atom is -0.325 e. The lowest BCUT2D eigenvalue weighted by Crippen LogP contribution is -2.30. The van der Waals surface area contributed by atoms with E-state index in [0.717, 1.165) is 27.3 Å². The smallest absolute Gasteiger partial charge is 0.272 e. The van der Waals surface area contributed by atoms with Crippen molar-refractivity contribution in [2.75, 3.05) is 16.4 Å². The number of carbonyl (C=O) groups is 3. The first-order valence-corrected chi connectivity index (χ1v) is 13.4. The number of rotatable bonds is 9. The lowest BCUT2D eigenvalue weighted by molar-refractivity contribution is -0.114. The molecule has 0 aromatic heterocycles. The molecule has 4 aromatic rings. The number of hydrogen-bond donors (Lipinski definition) is 3. The first kappa shape index (κ1) is 27.4. The summed E-state index contributed by atoms with van der Waals surface area (Å²) in [6.45, 7) is 3.91. The third-order valence-electron chi connectivity index (χ3n) is 5.76. The second-order valence-corrected chi connectivity index (χ2v) is 9.97. The van der Waals surface area contributed by atoms with Crippen LogP contribution in [0.3, 0.4) is 0 Å². The zero-order chi connectivity index (χ0) is 27.6. The molecule has 7 heteroatoms. The zero-order valence-corrected chi connectivity index (χ0v) is 22.5. The number of anilines is 2. The largest absolute Gasteiger partial charge is 0.325 e. The molecular formula is C32H29N3O3S. The Morgan fingerprint density at radius 3 is 2.28 bits per heavy atom. The van der Waals surface area contributed by atoms with E-state index in [2.05, 4.69) is 16.0 Å². The van der Waals surface area contributed by atoms with Crippen molar-refractivity contribution < 1.29 is 14.4 Å². The van der Waals surface area contributed by atoms with Crippen LogP contribution in [0, 0.1) is 13.8 Å².